The van der Waals surface area contributed by atoms with Gasteiger partial charge >= 0.3 is 0 Å². The van der Waals surface area contributed by atoms with Gasteiger partial charge in [-0.1, -0.05) is 33.1 Å². The van der Waals surface area contributed by atoms with Crippen LogP contribution in [-0.2, 0) is 13.0 Å². The van der Waals surface area contributed by atoms with Crippen molar-refractivity contribution in [3.8, 4) is 0 Å². The normalized spacial score (nSPS) is 10.9. The largest absolute Gasteiger partial charge is 0.384 e. The molecular weight excluding hydrogens is 198 g/mol. The van der Waals surface area contributed by atoms with Gasteiger partial charge in [-0.25, -0.2) is 4.98 Å². The number of hydrogen-bond donors (Lipinski definition) is 1. The molecule has 1 aromatic rings. The zero-order chi connectivity index (χ0) is 12.0. The third-order valence-corrected chi connectivity index (χ3v) is 2.99. The second kappa shape index (κ2) is 6.56. The number of hydrogen-bond acceptors (Lipinski definition) is 2. The summed E-state index contributed by atoms with van der Waals surface area (Å²) in [5.74, 6) is 1.95. The third kappa shape index (κ3) is 3.26. The number of nitrogens with zero attached hydrogens (tertiary/aromatic N) is 2. The van der Waals surface area contributed by atoms with Crippen LogP contribution in [0.4, 0.5) is 5.82 Å². The monoisotopic (exact) mass is 223 g/mol. The summed E-state index contributed by atoms with van der Waals surface area (Å²) in [6.07, 6.45) is 7.23. The fourth-order valence-corrected chi connectivity index (χ4v) is 2.05. The van der Waals surface area contributed by atoms with Crippen molar-refractivity contribution >= 4 is 5.82 Å². The lowest BCUT2D eigenvalue weighted by atomic mass is 10.1. The van der Waals surface area contributed by atoms with E-state index in [1.807, 2.05) is 6.92 Å². The highest BCUT2D eigenvalue weighted by Gasteiger charge is 2.10. The van der Waals surface area contributed by atoms with Crippen LogP contribution in [0.15, 0.2) is 0 Å². The van der Waals surface area contributed by atoms with Crippen molar-refractivity contribution in [3.05, 3.63) is 11.5 Å². The van der Waals surface area contributed by atoms with Gasteiger partial charge in [-0.2, -0.15) is 0 Å². The van der Waals surface area contributed by atoms with E-state index in [4.69, 9.17) is 5.73 Å². The standard InChI is InChI=1S/C13H25N3/c1-4-6-7-8-9-12-13(14)16(10-5-2)11(3)15-12/h4-10,14H2,1-3H3. The van der Waals surface area contributed by atoms with Crippen LogP contribution >= 0.6 is 0 Å². The first-order chi connectivity index (χ1) is 7.70. The maximum absolute atomic E-state index is 6.11. The van der Waals surface area contributed by atoms with Gasteiger partial charge in [0.15, 0.2) is 0 Å². The molecule has 0 radical (unpaired) electrons. The molecule has 0 atom stereocenters. The van der Waals surface area contributed by atoms with E-state index < -0.39 is 0 Å². The van der Waals surface area contributed by atoms with E-state index in [0.717, 1.165) is 36.7 Å². The van der Waals surface area contributed by atoms with E-state index >= 15 is 0 Å². The molecule has 0 unspecified atom stereocenters. The van der Waals surface area contributed by atoms with Gasteiger partial charge in [0.1, 0.15) is 11.6 Å². The minimum atomic E-state index is 0.885. The van der Waals surface area contributed by atoms with Crippen molar-refractivity contribution < 1.29 is 0 Å². The van der Waals surface area contributed by atoms with Gasteiger partial charge in [-0.3, -0.25) is 0 Å². The van der Waals surface area contributed by atoms with E-state index in [1.54, 1.807) is 0 Å². The average Bonchev–Trinajstić information content (AvgIpc) is 2.53. The van der Waals surface area contributed by atoms with Gasteiger partial charge in [0.2, 0.25) is 0 Å². The van der Waals surface area contributed by atoms with Crippen LogP contribution in [0.1, 0.15) is 57.5 Å². The van der Waals surface area contributed by atoms with Crippen molar-refractivity contribution in [2.75, 3.05) is 5.73 Å². The maximum atomic E-state index is 6.11. The third-order valence-electron chi connectivity index (χ3n) is 2.99. The average molecular weight is 223 g/mol. The number of aromatic nitrogens is 2. The molecular formula is C13H25N3. The fourth-order valence-electron chi connectivity index (χ4n) is 2.05. The van der Waals surface area contributed by atoms with Gasteiger partial charge < -0.3 is 10.3 Å². The summed E-state index contributed by atoms with van der Waals surface area (Å²) in [6, 6.07) is 0. The molecule has 16 heavy (non-hydrogen) atoms. The number of nitrogen functional groups attached to an aromatic ring is 1. The van der Waals surface area contributed by atoms with Crippen LogP contribution in [0.2, 0.25) is 0 Å². The van der Waals surface area contributed by atoms with Gasteiger partial charge in [0, 0.05) is 6.54 Å². The van der Waals surface area contributed by atoms with E-state index in [1.165, 1.54) is 25.7 Å². The lowest BCUT2D eigenvalue weighted by Crippen LogP contribution is -2.05. The second-order valence-electron chi connectivity index (χ2n) is 4.45. The molecule has 92 valence electrons. The summed E-state index contributed by atoms with van der Waals surface area (Å²) in [4.78, 5) is 4.56. The molecule has 0 aliphatic rings. The lowest BCUT2D eigenvalue weighted by molar-refractivity contribution is 0.660. The minimum absolute atomic E-state index is 0.885. The molecule has 0 saturated carbocycles. The summed E-state index contributed by atoms with van der Waals surface area (Å²) in [7, 11) is 0. The molecule has 0 aliphatic carbocycles. The molecule has 1 heterocycles. The Kier molecular flexibility index (Phi) is 5.36. The summed E-state index contributed by atoms with van der Waals surface area (Å²) < 4.78 is 2.13. The Balaban J connectivity index is 2.56. The highest BCUT2D eigenvalue weighted by molar-refractivity contribution is 5.38. The molecule has 1 aromatic heterocycles. The van der Waals surface area contributed by atoms with Gasteiger partial charge in [0.05, 0.1) is 5.69 Å². The molecule has 2 N–H and O–H groups in total. The van der Waals surface area contributed by atoms with Crippen molar-refractivity contribution in [1.82, 2.24) is 9.55 Å². The van der Waals surface area contributed by atoms with Crippen LogP contribution in [0, 0.1) is 6.92 Å². The number of anilines is 1. The molecule has 3 heteroatoms. The highest BCUT2D eigenvalue weighted by atomic mass is 15.1. The zero-order valence-corrected chi connectivity index (χ0v) is 10.9. The molecule has 0 fully saturated rings. The zero-order valence-electron chi connectivity index (χ0n) is 10.9. The quantitative estimate of drug-likeness (QED) is 0.721. The van der Waals surface area contributed by atoms with Crippen LogP contribution in [-0.4, -0.2) is 9.55 Å². The summed E-state index contributed by atoms with van der Waals surface area (Å²) in [5, 5.41) is 0. The lowest BCUT2D eigenvalue weighted by Gasteiger charge is -2.05. The number of unbranched alkanes of at least 4 members (excludes halogenated alkanes) is 3. The number of imidazole rings is 1. The Labute approximate surface area is 99.1 Å². The van der Waals surface area contributed by atoms with Gasteiger partial charge in [-0.05, 0) is 26.2 Å². The summed E-state index contributed by atoms with van der Waals surface area (Å²) >= 11 is 0. The molecule has 0 saturated heterocycles. The Morgan fingerprint density at radius 1 is 1.12 bits per heavy atom. The Morgan fingerprint density at radius 2 is 1.88 bits per heavy atom. The van der Waals surface area contributed by atoms with Gasteiger partial charge in [0.25, 0.3) is 0 Å². The SMILES string of the molecule is CCCCCCc1nc(C)n(CCC)c1N. The first kappa shape index (κ1) is 13.1. The van der Waals surface area contributed by atoms with Crippen LogP contribution in [0.3, 0.4) is 0 Å². The first-order valence-electron chi connectivity index (χ1n) is 6.52. The molecule has 0 aliphatic heterocycles. The Hall–Kier alpha value is -0.990. The Bertz CT molecular complexity index is 315. The Morgan fingerprint density at radius 3 is 2.50 bits per heavy atom. The van der Waals surface area contributed by atoms with Crippen molar-refractivity contribution in [3.63, 3.8) is 0 Å². The maximum Gasteiger partial charge on any atom is 0.126 e. The number of aryl methyl sites for hydroxylation is 2. The number of nitrogens with two attached hydrogens (primary N) is 1. The predicted octanol–water partition coefficient (Wildman–Crippen LogP) is 3.31. The highest BCUT2D eigenvalue weighted by Crippen LogP contribution is 2.17. The molecule has 0 bridgehead atoms. The van der Waals surface area contributed by atoms with Crippen LogP contribution in [0.25, 0.3) is 0 Å². The van der Waals surface area contributed by atoms with E-state index in [9.17, 15) is 0 Å². The molecule has 3 nitrogen and oxygen atoms in total. The smallest absolute Gasteiger partial charge is 0.126 e. The molecule has 1 rings (SSSR count). The second-order valence-corrected chi connectivity index (χ2v) is 4.45. The molecule has 0 amide bonds. The topological polar surface area (TPSA) is 43.8 Å². The molecule has 0 spiro atoms. The van der Waals surface area contributed by atoms with Crippen molar-refractivity contribution in [2.45, 2.75) is 65.8 Å². The van der Waals surface area contributed by atoms with Gasteiger partial charge in [-0.15, -0.1) is 0 Å². The van der Waals surface area contributed by atoms with Crippen molar-refractivity contribution in [2.24, 2.45) is 0 Å². The number of rotatable bonds is 7. The summed E-state index contributed by atoms with van der Waals surface area (Å²) in [6.45, 7) is 7.43. The van der Waals surface area contributed by atoms with Crippen molar-refractivity contribution in [1.29, 1.82) is 0 Å². The predicted molar refractivity (Wildman–Crippen MR) is 69.5 cm³/mol. The summed E-state index contributed by atoms with van der Waals surface area (Å²) in [5.41, 5.74) is 7.20. The first-order valence-corrected chi connectivity index (χ1v) is 6.52. The van der Waals surface area contributed by atoms with Crippen LogP contribution in [0.5, 0.6) is 0 Å². The van der Waals surface area contributed by atoms with Crippen LogP contribution < -0.4 is 5.73 Å². The minimum Gasteiger partial charge on any atom is -0.384 e. The van der Waals surface area contributed by atoms with E-state index in [0.29, 0.717) is 0 Å². The fraction of sp³-hybridized carbons (Fsp3) is 0.769. The van der Waals surface area contributed by atoms with E-state index in [-0.39, 0.29) is 0 Å². The van der Waals surface area contributed by atoms with E-state index in [2.05, 4.69) is 23.4 Å². The molecule has 0 aromatic carbocycles.